The highest BCUT2D eigenvalue weighted by Crippen LogP contribution is 2.18. The van der Waals surface area contributed by atoms with Gasteiger partial charge in [-0.2, -0.15) is 0 Å². The third kappa shape index (κ3) is 4.53. The first kappa shape index (κ1) is 14.8. The lowest BCUT2D eigenvalue weighted by Crippen LogP contribution is -2.30. The van der Waals surface area contributed by atoms with Gasteiger partial charge in [-0.1, -0.05) is 13.8 Å². The van der Waals surface area contributed by atoms with E-state index in [0.29, 0.717) is 18.9 Å². The fraction of sp³-hybridized carbons (Fsp3) is 0.643. The van der Waals surface area contributed by atoms with Gasteiger partial charge >= 0.3 is 0 Å². The molecule has 1 heterocycles. The van der Waals surface area contributed by atoms with Crippen LogP contribution in [0.3, 0.4) is 0 Å². The van der Waals surface area contributed by atoms with Gasteiger partial charge in [-0.15, -0.1) is 0 Å². The molecule has 0 fully saturated rings. The first-order chi connectivity index (χ1) is 8.40. The molecule has 0 saturated carbocycles. The van der Waals surface area contributed by atoms with Crippen LogP contribution < -0.4 is 11.1 Å². The monoisotopic (exact) mass is 251 g/mol. The number of nitrogens with two attached hydrogens (primary N) is 1. The summed E-state index contributed by atoms with van der Waals surface area (Å²) < 4.78 is 2.03. The van der Waals surface area contributed by atoms with Crippen molar-refractivity contribution in [1.29, 1.82) is 0 Å². The standard InChI is InChI=1S/C14H25N3O/c1-10(2)14(15)12-5-7-17(9-12)8-6-13(18)16-11(3)4/h5,7,9-11,14H,6,8,15H2,1-4H3,(H,16,18). The molecule has 0 aliphatic heterocycles. The Kier molecular flexibility index (Phi) is 5.41. The summed E-state index contributed by atoms with van der Waals surface area (Å²) in [6.07, 6.45) is 4.52. The predicted molar refractivity (Wildman–Crippen MR) is 74.1 cm³/mol. The average Bonchev–Trinajstić information content (AvgIpc) is 2.72. The quantitative estimate of drug-likeness (QED) is 0.813. The molecular formula is C14H25N3O. The normalized spacial score (nSPS) is 13.1. The minimum Gasteiger partial charge on any atom is -0.354 e. The minimum atomic E-state index is 0.0655. The Morgan fingerprint density at radius 1 is 1.39 bits per heavy atom. The van der Waals surface area contributed by atoms with Crippen LogP contribution in [-0.4, -0.2) is 16.5 Å². The molecule has 4 nitrogen and oxygen atoms in total. The molecule has 1 aromatic rings. The molecular weight excluding hydrogens is 226 g/mol. The number of aromatic nitrogens is 1. The molecule has 1 amide bonds. The molecule has 18 heavy (non-hydrogen) atoms. The van der Waals surface area contributed by atoms with Crippen LogP contribution in [0.5, 0.6) is 0 Å². The van der Waals surface area contributed by atoms with Crippen LogP contribution in [0.1, 0.15) is 45.7 Å². The van der Waals surface area contributed by atoms with Crippen LogP contribution >= 0.6 is 0 Å². The van der Waals surface area contributed by atoms with Crippen molar-refractivity contribution in [1.82, 2.24) is 9.88 Å². The zero-order valence-electron chi connectivity index (χ0n) is 11.8. The Morgan fingerprint density at radius 2 is 2.06 bits per heavy atom. The summed E-state index contributed by atoms with van der Waals surface area (Å²) in [5.41, 5.74) is 7.21. The van der Waals surface area contributed by atoms with E-state index in [9.17, 15) is 4.79 Å². The van der Waals surface area contributed by atoms with Crippen molar-refractivity contribution in [2.45, 2.75) is 52.7 Å². The van der Waals surface area contributed by atoms with Gasteiger partial charge in [-0.25, -0.2) is 0 Å². The third-order valence-corrected chi connectivity index (χ3v) is 2.92. The number of amides is 1. The topological polar surface area (TPSA) is 60.0 Å². The van der Waals surface area contributed by atoms with Gasteiger partial charge in [0, 0.05) is 37.4 Å². The molecule has 4 heteroatoms. The number of hydrogen-bond acceptors (Lipinski definition) is 2. The first-order valence-corrected chi connectivity index (χ1v) is 6.60. The summed E-state index contributed by atoms with van der Waals surface area (Å²) in [6, 6.07) is 2.30. The van der Waals surface area contributed by atoms with Crippen molar-refractivity contribution in [3.8, 4) is 0 Å². The smallest absolute Gasteiger partial charge is 0.221 e. The highest BCUT2D eigenvalue weighted by Gasteiger charge is 2.11. The summed E-state index contributed by atoms with van der Waals surface area (Å²) in [7, 11) is 0. The number of aryl methyl sites for hydroxylation is 1. The number of carbonyl (C=O) groups is 1. The van der Waals surface area contributed by atoms with Crippen molar-refractivity contribution in [3.05, 3.63) is 24.0 Å². The fourth-order valence-electron chi connectivity index (χ4n) is 1.81. The molecule has 0 bridgehead atoms. The van der Waals surface area contributed by atoms with Crippen LogP contribution in [0.4, 0.5) is 0 Å². The second kappa shape index (κ2) is 6.59. The zero-order valence-corrected chi connectivity index (χ0v) is 11.8. The maximum Gasteiger partial charge on any atom is 0.221 e. The molecule has 0 aromatic carbocycles. The Morgan fingerprint density at radius 3 is 2.61 bits per heavy atom. The lowest BCUT2D eigenvalue weighted by Gasteiger charge is -2.13. The third-order valence-electron chi connectivity index (χ3n) is 2.92. The van der Waals surface area contributed by atoms with E-state index in [0.717, 1.165) is 5.56 Å². The van der Waals surface area contributed by atoms with Crippen molar-refractivity contribution in [2.24, 2.45) is 11.7 Å². The van der Waals surface area contributed by atoms with Crippen molar-refractivity contribution >= 4 is 5.91 Å². The van der Waals surface area contributed by atoms with E-state index in [1.54, 1.807) is 0 Å². The van der Waals surface area contributed by atoms with E-state index in [1.165, 1.54) is 0 Å². The Bertz CT molecular complexity index is 382. The zero-order chi connectivity index (χ0) is 13.7. The van der Waals surface area contributed by atoms with Crippen LogP contribution in [0.2, 0.25) is 0 Å². The molecule has 0 aliphatic rings. The summed E-state index contributed by atoms with van der Waals surface area (Å²) in [4.78, 5) is 11.5. The van der Waals surface area contributed by atoms with Gasteiger partial charge < -0.3 is 15.6 Å². The van der Waals surface area contributed by atoms with Crippen LogP contribution in [0.25, 0.3) is 0 Å². The van der Waals surface area contributed by atoms with Crippen molar-refractivity contribution < 1.29 is 4.79 Å². The van der Waals surface area contributed by atoms with Crippen LogP contribution in [0, 0.1) is 5.92 Å². The summed E-state index contributed by atoms with van der Waals surface area (Å²) in [5, 5.41) is 2.88. The molecule has 102 valence electrons. The molecule has 3 N–H and O–H groups in total. The van der Waals surface area contributed by atoms with Crippen LogP contribution in [0.15, 0.2) is 18.5 Å². The second-order valence-electron chi connectivity index (χ2n) is 5.42. The molecule has 0 radical (unpaired) electrons. The SMILES string of the molecule is CC(C)NC(=O)CCn1ccc(C(N)C(C)C)c1. The Balaban J connectivity index is 2.47. The predicted octanol–water partition coefficient (Wildman–Crippen LogP) is 2.06. The summed E-state index contributed by atoms with van der Waals surface area (Å²) in [5.74, 6) is 0.512. The number of nitrogens with one attached hydrogen (secondary N) is 1. The van der Waals surface area contributed by atoms with Gasteiger partial charge in [0.25, 0.3) is 0 Å². The van der Waals surface area contributed by atoms with Gasteiger partial charge in [0.15, 0.2) is 0 Å². The largest absolute Gasteiger partial charge is 0.354 e. The molecule has 0 saturated heterocycles. The lowest BCUT2D eigenvalue weighted by molar-refractivity contribution is -0.121. The van der Waals surface area contributed by atoms with E-state index >= 15 is 0 Å². The maximum absolute atomic E-state index is 11.5. The van der Waals surface area contributed by atoms with Gasteiger partial charge in [0.05, 0.1) is 0 Å². The van der Waals surface area contributed by atoms with Crippen LogP contribution in [-0.2, 0) is 11.3 Å². The fourth-order valence-corrected chi connectivity index (χ4v) is 1.81. The second-order valence-corrected chi connectivity index (χ2v) is 5.42. The summed E-state index contributed by atoms with van der Waals surface area (Å²) in [6.45, 7) is 8.85. The molecule has 1 unspecified atom stereocenters. The average molecular weight is 251 g/mol. The molecule has 1 rings (SSSR count). The number of rotatable bonds is 6. The van der Waals surface area contributed by atoms with Gasteiger partial charge in [-0.05, 0) is 31.4 Å². The molecule has 0 spiro atoms. The van der Waals surface area contributed by atoms with Gasteiger partial charge in [0.2, 0.25) is 5.91 Å². The molecule has 1 aromatic heterocycles. The van der Waals surface area contributed by atoms with Crippen molar-refractivity contribution in [2.75, 3.05) is 0 Å². The van der Waals surface area contributed by atoms with E-state index < -0.39 is 0 Å². The van der Waals surface area contributed by atoms with E-state index in [-0.39, 0.29) is 18.0 Å². The molecule has 1 atom stereocenters. The highest BCUT2D eigenvalue weighted by molar-refractivity contribution is 5.76. The number of nitrogens with zero attached hydrogens (tertiary/aromatic N) is 1. The first-order valence-electron chi connectivity index (χ1n) is 6.60. The van der Waals surface area contributed by atoms with E-state index in [1.807, 2.05) is 36.9 Å². The summed E-state index contributed by atoms with van der Waals surface area (Å²) >= 11 is 0. The Hall–Kier alpha value is -1.29. The van der Waals surface area contributed by atoms with E-state index in [4.69, 9.17) is 5.73 Å². The minimum absolute atomic E-state index is 0.0655. The highest BCUT2D eigenvalue weighted by atomic mass is 16.1. The van der Waals surface area contributed by atoms with Gasteiger partial charge in [-0.3, -0.25) is 4.79 Å². The molecule has 0 aliphatic carbocycles. The number of hydrogen-bond donors (Lipinski definition) is 2. The number of carbonyl (C=O) groups excluding carboxylic acids is 1. The van der Waals surface area contributed by atoms with Crippen molar-refractivity contribution in [3.63, 3.8) is 0 Å². The van der Waals surface area contributed by atoms with E-state index in [2.05, 4.69) is 19.2 Å². The van der Waals surface area contributed by atoms with Gasteiger partial charge in [0.1, 0.15) is 0 Å². The lowest BCUT2D eigenvalue weighted by atomic mass is 10.00. The Labute approximate surface area is 110 Å². The maximum atomic E-state index is 11.5.